The highest BCUT2D eigenvalue weighted by atomic mass is 32.1. The monoisotopic (exact) mass is 620 g/mol. The van der Waals surface area contributed by atoms with E-state index in [-0.39, 0.29) is 11.8 Å². The summed E-state index contributed by atoms with van der Waals surface area (Å²) in [6.45, 7) is 12.3. The van der Waals surface area contributed by atoms with Gasteiger partial charge in [-0.2, -0.15) is 0 Å². The van der Waals surface area contributed by atoms with Crippen LogP contribution < -0.4 is 21.7 Å². The second-order valence-electron chi connectivity index (χ2n) is 11.5. The normalized spacial score (nSPS) is 18.7. The van der Waals surface area contributed by atoms with Crippen molar-refractivity contribution in [2.24, 2.45) is 5.73 Å². The zero-order valence-corrected chi connectivity index (χ0v) is 28.3. The predicted octanol–water partition coefficient (Wildman–Crippen LogP) is 6.19. The summed E-state index contributed by atoms with van der Waals surface area (Å²) >= 11 is 1.46. The number of nitrogens with zero attached hydrogens (tertiary/aromatic N) is 2. The molecule has 1 saturated heterocycles. The number of allylic oxidation sites excluding steroid dienone is 7. The van der Waals surface area contributed by atoms with Gasteiger partial charge in [0, 0.05) is 67.7 Å². The van der Waals surface area contributed by atoms with Gasteiger partial charge in [0.25, 0.3) is 11.8 Å². The lowest BCUT2D eigenvalue weighted by Gasteiger charge is -2.16. The van der Waals surface area contributed by atoms with Gasteiger partial charge in [-0.1, -0.05) is 50.5 Å². The molecular weight excluding hydrogens is 568 g/mol. The number of nitrogens with one attached hydrogen (secondary N) is 3. The number of hydrogen-bond acceptors (Lipinski definition) is 7. The second-order valence-corrected chi connectivity index (χ2v) is 12.5. The summed E-state index contributed by atoms with van der Waals surface area (Å²) in [6.07, 6.45) is 19.8. The molecule has 0 bridgehead atoms. The Hall–Kier alpha value is -3.43. The van der Waals surface area contributed by atoms with Crippen LogP contribution in [0, 0.1) is 0 Å². The Morgan fingerprint density at radius 2 is 1.89 bits per heavy atom. The highest BCUT2D eigenvalue weighted by Gasteiger charge is 2.22. The standard InChI is InChI=1S/C35H52N6O2S/c1-7-10-16-28(31-17-13-20-41(31)6)32-23-39-35(44-32)29(22-36)34(43)40-30(25(5)24(4)8-2)21-26(9-3)33(42)38-19-18-37-27-14-11-12-15-27/h9-10,16,21-23,27,37H,7-8,11-15,17-20,36H2,1-6H3,(H,38,42)(H,40,43)/b16-10+,25-24?,26-9+,29-22-,30-21+,31-28+. The molecule has 8 nitrogen and oxygen atoms in total. The first-order valence-corrected chi connectivity index (χ1v) is 16.9. The smallest absolute Gasteiger partial charge is 0.260 e. The minimum absolute atomic E-state index is 0.175. The third-order valence-corrected chi connectivity index (χ3v) is 9.57. The van der Waals surface area contributed by atoms with Crippen molar-refractivity contribution in [3.8, 4) is 0 Å². The Kier molecular flexibility index (Phi) is 14.1. The van der Waals surface area contributed by atoms with E-state index >= 15 is 0 Å². The number of nitrogens with two attached hydrogens (primary N) is 1. The molecule has 2 amide bonds. The van der Waals surface area contributed by atoms with Crippen LogP contribution in [0.3, 0.4) is 0 Å². The van der Waals surface area contributed by atoms with E-state index in [0.717, 1.165) is 60.4 Å². The minimum atomic E-state index is -0.365. The molecule has 0 radical (unpaired) electrons. The molecule has 9 heteroatoms. The fourth-order valence-corrected chi connectivity index (χ4v) is 6.50. The van der Waals surface area contributed by atoms with Gasteiger partial charge in [0.05, 0.1) is 10.5 Å². The van der Waals surface area contributed by atoms with Crippen molar-refractivity contribution in [3.05, 3.63) is 74.7 Å². The topological polar surface area (TPSA) is 112 Å². The Labute approximate surface area is 268 Å². The predicted molar refractivity (Wildman–Crippen MR) is 184 cm³/mol. The lowest BCUT2D eigenvalue weighted by Crippen LogP contribution is -2.36. The molecule has 0 unspecified atom stereocenters. The molecule has 2 heterocycles. The van der Waals surface area contributed by atoms with E-state index in [1.807, 2.05) is 27.0 Å². The molecule has 0 spiro atoms. The first-order valence-electron chi connectivity index (χ1n) is 16.1. The summed E-state index contributed by atoms with van der Waals surface area (Å²) in [6, 6.07) is 0.554. The largest absolute Gasteiger partial charge is 0.404 e. The first-order chi connectivity index (χ1) is 21.2. The molecule has 1 aliphatic carbocycles. The molecule has 1 saturated carbocycles. The maximum absolute atomic E-state index is 13.7. The molecule has 1 aliphatic heterocycles. The molecule has 0 atom stereocenters. The molecule has 3 rings (SSSR count). The summed E-state index contributed by atoms with van der Waals surface area (Å²) < 4.78 is 0. The molecule has 2 fully saturated rings. The number of thiazole rings is 1. The van der Waals surface area contributed by atoms with E-state index in [2.05, 4.69) is 58.9 Å². The average Bonchev–Trinajstić information content (AvgIpc) is 3.81. The van der Waals surface area contributed by atoms with Gasteiger partial charge in [0.2, 0.25) is 0 Å². The SMILES string of the molecule is C/C=C(\C=C(\NC(=O)/C(=C/N)c1ncc(C(/C=C/CC)=C2\CCCN2C)s1)C(C)=C(C)CC)C(=O)NCCNC1CCCC1. The molecule has 1 aromatic rings. The van der Waals surface area contributed by atoms with E-state index in [0.29, 0.717) is 34.4 Å². The van der Waals surface area contributed by atoms with Crippen molar-refractivity contribution in [1.82, 2.24) is 25.8 Å². The maximum Gasteiger partial charge on any atom is 0.260 e. The number of carbonyl (C=O) groups excluding carboxylic acids is 2. The first kappa shape index (κ1) is 35.1. The van der Waals surface area contributed by atoms with Crippen molar-refractivity contribution in [1.29, 1.82) is 0 Å². The summed E-state index contributed by atoms with van der Waals surface area (Å²) in [5.41, 5.74) is 11.8. The highest BCUT2D eigenvalue weighted by Crippen LogP contribution is 2.34. The molecule has 44 heavy (non-hydrogen) atoms. The van der Waals surface area contributed by atoms with Gasteiger partial charge in [0.15, 0.2) is 0 Å². The fraction of sp³-hybridized carbons (Fsp3) is 0.514. The number of aromatic nitrogens is 1. The van der Waals surface area contributed by atoms with Crippen LogP contribution in [0.4, 0.5) is 0 Å². The Balaban J connectivity index is 1.81. The lowest BCUT2D eigenvalue weighted by molar-refractivity contribution is -0.117. The maximum atomic E-state index is 13.7. The van der Waals surface area contributed by atoms with Gasteiger partial charge in [0.1, 0.15) is 5.01 Å². The zero-order valence-electron chi connectivity index (χ0n) is 27.5. The quantitative estimate of drug-likeness (QED) is 0.112. The number of carbonyl (C=O) groups is 2. The Morgan fingerprint density at radius 3 is 2.50 bits per heavy atom. The minimum Gasteiger partial charge on any atom is -0.404 e. The molecule has 240 valence electrons. The van der Waals surface area contributed by atoms with Crippen LogP contribution in [0.25, 0.3) is 11.1 Å². The second kappa shape index (κ2) is 17.8. The van der Waals surface area contributed by atoms with E-state index < -0.39 is 0 Å². The highest BCUT2D eigenvalue weighted by molar-refractivity contribution is 7.14. The summed E-state index contributed by atoms with van der Waals surface area (Å²) in [7, 11) is 2.12. The fourth-order valence-electron chi connectivity index (χ4n) is 5.52. The van der Waals surface area contributed by atoms with Crippen molar-refractivity contribution in [3.63, 3.8) is 0 Å². The van der Waals surface area contributed by atoms with E-state index in [4.69, 9.17) is 5.73 Å². The van der Waals surface area contributed by atoms with Crippen LogP contribution in [0.2, 0.25) is 0 Å². The molecule has 0 aromatic carbocycles. The Bertz CT molecular complexity index is 1340. The van der Waals surface area contributed by atoms with Gasteiger partial charge in [-0.3, -0.25) is 9.59 Å². The lowest BCUT2D eigenvalue weighted by atomic mass is 10.0. The summed E-state index contributed by atoms with van der Waals surface area (Å²) in [5, 5.41) is 10.1. The van der Waals surface area contributed by atoms with Crippen LogP contribution in [0.1, 0.15) is 95.9 Å². The molecule has 2 aliphatic rings. The number of hydrogen-bond donors (Lipinski definition) is 4. The number of amides is 2. The van der Waals surface area contributed by atoms with E-state index in [1.165, 1.54) is 48.9 Å². The van der Waals surface area contributed by atoms with Crippen LogP contribution in [0.15, 0.2) is 64.8 Å². The average molecular weight is 621 g/mol. The van der Waals surface area contributed by atoms with Gasteiger partial charge in [-0.05, 0) is 70.9 Å². The van der Waals surface area contributed by atoms with E-state index in [9.17, 15) is 9.59 Å². The molecule has 1 aromatic heterocycles. The van der Waals surface area contributed by atoms with Gasteiger partial charge in [-0.25, -0.2) is 4.98 Å². The van der Waals surface area contributed by atoms with Crippen LogP contribution >= 0.6 is 11.3 Å². The van der Waals surface area contributed by atoms with Crippen molar-refractivity contribution < 1.29 is 9.59 Å². The van der Waals surface area contributed by atoms with Crippen LogP contribution in [-0.2, 0) is 9.59 Å². The van der Waals surface area contributed by atoms with Crippen LogP contribution in [0.5, 0.6) is 0 Å². The van der Waals surface area contributed by atoms with Gasteiger partial charge < -0.3 is 26.6 Å². The third kappa shape index (κ3) is 9.53. The number of rotatable bonds is 14. The molecule has 5 N–H and O–H groups in total. The molecular formula is C35H52N6O2S. The number of likely N-dealkylation sites (tertiary alicyclic amines) is 1. The van der Waals surface area contributed by atoms with Gasteiger partial charge in [-0.15, -0.1) is 11.3 Å². The summed E-state index contributed by atoms with van der Waals surface area (Å²) in [5.74, 6) is -0.540. The van der Waals surface area contributed by atoms with Crippen molar-refractivity contribution in [2.45, 2.75) is 92.0 Å². The van der Waals surface area contributed by atoms with E-state index in [1.54, 1.807) is 12.2 Å². The van der Waals surface area contributed by atoms with Crippen LogP contribution in [-0.4, -0.2) is 54.4 Å². The van der Waals surface area contributed by atoms with Crippen molar-refractivity contribution in [2.75, 3.05) is 26.7 Å². The van der Waals surface area contributed by atoms with Gasteiger partial charge >= 0.3 is 0 Å². The third-order valence-electron chi connectivity index (χ3n) is 8.51. The summed E-state index contributed by atoms with van der Waals surface area (Å²) in [4.78, 5) is 34.7. The van der Waals surface area contributed by atoms with Crippen molar-refractivity contribution >= 4 is 34.3 Å². The Morgan fingerprint density at radius 1 is 1.14 bits per heavy atom. The zero-order chi connectivity index (χ0) is 32.1.